The normalized spacial score (nSPS) is 14.5. The molecule has 2 nitrogen and oxygen atoms in total. The SMILES string of the molecule is C=C(C)c1cccc(C(C)C)c1N1CCN(c2c(C)cccc2C(C)C)C1. The Bertz CT molecular complexity index is 832. The van der Waals surface area contributed by atoms with E-state index in [2.05, 4.69) is 94.3 Å². The first-order valence-electron chi connectivity index (χ1n) is 10.2. The maximum Gasteiger partial charge on any atom is 0.0904 e. The molecule has 0 atom stereocenters. The van der Waals surface area contributed by atoms with Crippen molar-refractivity contribution in [1.82, 2.24) is 0 Å². The van der Waals surface area contributed by atoms with Gasteiger partial charge in [-0.05, 0) is 47.9 Å². The maximum absolute atomic E-state index is 4.25. The molecule has 1 aliphatic heterocycles. The molecule has 0 aliphatic carbocycles. The highest BCUT2D eigenvalue weighted by atomic mass is 15.4. The lowest BCUT2D eigenvalue weighted by Gasteiger charge is -2.29. The number of para-hydroxylation sites is 2. The van der Waals surface area contributed by atoms with Crippen molar-refractivity contribution in [3.05, 3.63) is 65.2 Å². The monoisotopic (exact) mass is 362 g/mol. The van der Waals surface area contributed by atoms with Gasteiger partial charge in [-0.3, -0.25) is 0 Å². The molecule has 2 aromatic rings. The zero-order valence-electron chi connectivity index (χ0n) is 17.8. The van der Waals surface area contributed by atoms with Gasteiger partial charge in [0.25, 0.3) is 0 Å². The fourth-order valence-corrected chi connectivity index (χ4v) is 4.26. The second-order valence-corrected chi connectivity index (χ2v) is 8.51. The predicted molar refractivity (Wildman–Crippen MR) is 120 cm³/mol. The largest absolute Gasteiger partial charge is 0.352 e. The lowest BCUT2D eigenvalue weighted by Crippen LogP contribution is -2.28. The van der Waals surface area contributed by atoms with Crippen LogP contribution in [0.1, 0.15) is 68.7 Å². The Kier molecular flexibility index (Phi) is 5.64. The molecular weight excluding hydrogens is 328 g/mol. The fourth-order valence-electron chi connectivity index (χ4n) is 4.26. The van der Waals surface area contributed by atoms with Gasteiger partial charge in [-0.1, -0.05) is 70.7 Å². The Morgan fingerprint density at radius 1 is 0.852 bits per heavy atom. The van der Waals surface area contributed by atoms with Gasteiger partial charge in [0.15, 0.2) is 0 Å². The van der Waals surface area contributed by atoms with Gasteiger partial charge >= 0.3 is 0 Å². The maximum atomic E-state index is 4.25. The summed E-state index contributed by atoms with van der Waals surface area (Å²) in [4.78, 5) is 5.11. The summed E-state index contributed by atoms with van der Waals surface area (Å²) < 4.78 is 0. The Morgan fingerprint density at radius 2 is 1.37 bits per heavy atom. The average molecular weight is 363 g/mol. The number of hydrogen-bond acceptors (Lipinski definition) is 2. The first kappa shape index (κ1) is 19.5. The van der Waals surface area contributed by atoms with Crippen molar-refractivity contribution in [3.63, 3.8) is 0 Å². The molecule has 2 aromatic carbocycles. The van der Waals surface area contributed by atoms with E-state index in [-0.39, 0.29) is 0 Å². The van der Waals surface area contributed by atoms with E-state index < -0.39 is 0 Å². The lowest BCUT2D eigenvalue weighted by atomic mass is 9.94. The molecule has 0 bridgehead atoms. The summed E-state index contributed by atoms with van der Waals surface area (Å²) >= 11 is 0. The zero-order valence-corrected chi connectivity index (χ0v) is 17.8. The molecule has 0 spiro atoms. The molecule has 1 heterocycles. The molecule has 0 N–H and O–H groups in total. The van der Waals surface area contributed by atoms with E-state index in [1.54, 1.807) is 0 Å². The summed E-state index contributed by atoms with van der Waals surface area (Å²) in [5.74, 6) is 1.03. The predicted octanol–water partition coefficient (Wildman–Crippen LogP) is 6.56. The number of anilines is 2. The number of hydrogen-bond donors (Lipinski definition) is 0. The molecular formula is C25H34N2. The smallest absolute Gasteiger partial charge is 0.0904 e. The van der Waals surface area contributed by atoms with Gasteiger partial charge in [0.05, 0.1) is 6.67 Å². The third-order valence-corrected chi connectivity index (χ3v) is 5.65. The Labute approximate surface area is 165 Å². The fraction of sp³-hybridized carbons (Fsp3) is 0.440. The minimum Gasteiger partial charge on any atom is -0.352 e. The molecule has 1 aliphatic rings. The van der Waals surface area contributed by atoms with Crippen LogP contribution in [-0.2, 0) is 0 Å². The van der Waals surface area contributed by atoms with Crippen LogP contribution in [0.25, 0.3) is 5.57 Å². The number of nitrogens with zero attached hydrogens (tertiary/aromatic N) is 2. The number of allylic oxidation sites excluding steroid dienone is 1. The van der Waals surface area contributed by atoms with Crippen LogP contribution in [0.4, 0.5) is 11.4 Å². The molecule has 1 fully saturated rings. The Hall–Kier alpha value is -2.22. The van der Waals surface area contributed by atoms with Gasteiger partial charge in [0, 0.05) is 30.0 Å². The van der Waals surface area contributed by atoms with Crippen LogP contribution in [0.3, 0.4) is 0 Å². The van der Waals surface area contributed by atoms with Crippen molar-refractivity contribution in [2.75, 3.05) is 29.6 Å². The second kappa shape index (κ2) is 7.80. The Balaban J connectivity index is 2.00. The van der Waals surface area contributed by atoms with Crippen molar-refractivity contribution in [2.24, 2.45) is 0 Å². The quantitative estimate of drug-likeness (QED) is 0.594. The lowest BCUT2D eigenvalue weighted by molar-refractivity contribution is 0.833. The van der Waals surface area contributed by atoms with E-state index in [0.717, 1.165) is 25.3 Å². The van der Waals surface area contributed by atoms with Crippen molar-refractivity contribution >= 4 is 16.9 Å². The van der Waals surface area contributed by atoms with Crippen molar-refractivity contribution in [3.8, 4) is 0 Å². The van der Waals surface area contributed by atoms with Gasteiger partial charge in [-0.2, -0.15) is 0 Å². The van der Waals surface area contributed by atoms with Crippen molar-refractivity contribution in [1.29, 1.82) is 0 Å². The molecule has 0 aromatic heterocycles. The molecule has 1 saturated heterocycles. The van der Waals surface area contributed by atoms with Crippen LogP contribution in [0.2, 0.25) is 0 Å². The summed E-state index contributed by atoms with van der Waals surface area (Å²) in [6.07, 6.45) is 0. The van der Waals surface area contributed by atoms with Crippen LogP contribution in [0, 0.1) is 6.92 Å². The van der Waals surface area contributed by atoms with E-state index in [1.807, 2.05) is 0 Å². The summed E-state index contributed by atoms with van der Waals surface area (Å²) in [5.41, 5.74) is 9.48. The Morgan fingerprint density at radius 3 is 1.93 bits per heavy atom. The zero-order chi connectivity index (χ0) is 19.7. The standard InChI is InChI=1S/C25H34N2/c1-17(2)21-11-8-10-20(7)24(21)26-14-15-27(16-26)25-22(18(3)4)12-9-13-23(25)19(5)6/h8-13,17,19H,3,14-16H2,1-2,4-7H3. The van der Waals surface area contributed by atoms with Crippen LogP contribution >= 0.6 is 0 Å². The van der Waals surface area contributed by atoms with Crippen molar-refractivity contribution in [2.45, 2.75) is 53.4 Å². The van der Waals surface area contributed by atoms with E-state index in [9.17, 15) is 0 Å². The summed E-state index contributed by atoms with van der Waals surface area (Å²) in [7, 11) is 0. The van der Waals surface area contributed by atoms with E-state index in [1.165, 1.54) is 33.6 Å². The summed E-state index contributed by atoms with van der Waals surface area (Å²) in [6.45, 7) is 20.8. The minimum absolute atomic E-state index is 0.498. The van der Waals surface area contributed by atoms with Gasteiger partial charge < -0.3 is 9.80 Å². The second-order valence-electron chi connectivity index (χ2n) is 8.51. The van der Waals surface area contributed by atoms with Gasteiger partial charge in [-0.25, -0.2) is 0 Å². The molecule has 0 unspecified atom stereocenters. The van der Waals surface area contributed by atoms with Gasteiger partial charge in [-0.15, -0.1) is 0 Å². The van der Waals surface area contributed by atoms with Crippen LogP contribution in [0.15, 0.2) is 43.0 Å². The third kappa shape index (κ3) is 3.76. The molecule has 2 heteroatoms. The molecule has 144 valence electrons. The molecule has 0 saturated carbocycles. The molecule has 3 rings (SSSR count). The van der Waals surface area contributed by atoms with Crippen LogP contribution in [0.5, 0.6) is 0 Å². The van der Waals surface area contributed by atoms with Gasteiger partial charge in [0.2, 0.25) is 0 Å². The summed E-state index contributed by atoms with van der Waals surface area (Å²) in [6, 6.07) is 13.4. The topological polar surface area (TPSA) is 6.48 Å². The first-order valence-corrected chi connectivity index (χ1v) is 10.2. The first-order chi connectivity index (χ1) is 12.8. The minimum atomic E-state index is 0.498. The number of benzene rings is 2. The highest BCUT2D eigenvalue weighted by Crippen LogP contribution is 2.38. The highest BCUT2D eigenvalue weighted by molar-refractivity contribution is 5.78. The number of aryl methyl sites for hydroxylation is 1. The van der Waals surface area contributed by atoms with Crippen LogP contribution in [-0.4, -0.2) is 19.8 Å². The van der Waals surface area contributed by atoms with E-state index >= 15 is 0 Å². The van der Waals surface area contributed by atoms with Crippen molar-refractivity contribution < 1.29 is 0 Å². The molecule has 27 heavy (non-hydrogen) atoms. The molecule has 0 amide bonds. The van der Waals surface area contributed by atoms with E-state index in [4.69, 9.17) is 0 Å². The third-order valence-electron chi connectivity index (χ3n) is 5.65. The van der Waals surface area contributed by atoms with E-state index in [0.29, 0.717) is 11.8 Å². The molecule has 0 radical (unpaired) electrons. The summed E-state index contributed by atoms with van der Waals surface area (Å²) in [5, 5.41) is 0. The van der Waals surface area contributed by atoms with Crippen LogP contribution < -0.4 is 9.80 Å². The van der Waals surface area contributed by atoms with Gasteiger partial charge in [0.1, 0.15) is 0 Å². The number of rotatable bonds is 5. The average Bonchev–Trinajstić information content (AvgIpc) is 3.09. The highest BCUT2D eigenvalue weighted by Gasteiger charge is 2.27.